The van der Waals surface area contributed by atoms with Gasteiger partial charge in [0, 0.05) is 0 Å². The van der Waals surface area contributed by atoms with Crippen LogP contribution in [0.4, 0.5) is 5.82 Å². The number of anilines is 1. The summed E-state index contributed by atoms with van der Waals surface area (Å²) in [5.41, 5.74) is 1.11. The van der Waals surface area contributed by atoms with Gasteiger partial charge in [0.1, 0.15) is 17.6 Å². The summed E-state index contributed by atoms with van der Waals surface area (Å²) in [6.45, 7) is 1.97. The predicted octanol–water partition coefficient (Wildman–Crippen LogP) is 2.16. The third kappa shape index (κ3) is 3.81. The van der Waals surface area contributed by atoms with E-state index in [1.54, 1.807) is 30.3 Å². The molecule has 0 aliphatic heterocycles. The highest BCUT2D eigenvalue weighted by atomic mass is 32.2. The van der Waals surface area contributed by atoms with Crippen LogP contribution in [0.1, 0.15) is 30.6 Å². The highest BCUT2D eigenvalue weighted by molar-refractivity contribution is 7.89. The van der Waals surface area contributed by atoms with E-state index in [9.17, 15) is 8.42 Å². The number of hydrogen-bond acceptors (Lipinski definition) is 5. The Balaban J connectivity index is 2.31. The van der Waals surface area contributed by atoms with Crippen LogP contribution in [-0.4, -0.2) is 13.4 Å². The maximum atomic E-state index is 11.4. The molecule has 1 heterocycles. The number of hydrogen-bond donors (Lipinski definition) is 2. The fourth-order valence-corrected chi connectivity index (χ4v) is 2.65. The largest absolute Gasteiger partial charge is 0.363 e. The first-order valence-corrected chi connectivity index (χ1v) is 8.25. The van der Waals surface area contributed by atoms with Crippen molar-refractivity contribution in [3.05, 3.63) is 53.7 Å². The maximum absolute atomic E-state index is 11.4. The molecule has 0 spiro atoms. The molecule has 1 aromatic carbocycles. The summed E-state index contributed by atoms with van der Waals surface area (Å²) >= 11 is 0. The van der Waals surface area contributed by atoms with Crippen molar-refractivity contribution >= 4 is 15.8 Å². The van der Waals surface area contributed by atoms with Gasteiger partial charge in [0.05, 0.1) is 10.9 Å². The molecule has 3 N–H and O–H groups in total. The minimum absolute atomic E-state index is 0.0731. The third-order valence-electron chi connectivity index (χ3n) is 3.18. The SMILES string of the molecule is CC[C@@H](Nc1cccc(C#N)n1)c1cccc(S(N)(=O)=O)c1. The van der Waals surface area contributed by atoms with Crippen molar-refractivity contribution in [1.29, 1.82) is 5.26 Å². The van der Waals surface area contributed by atoms with Crippen LogP contribution in [0.15, 0.2) is 47.4 Å². The summed E-state index contributed by atoms with van der Waals surface area (Å²) in [6, 6.07) is 13.4. The molecule has 0 saturated heterocycles. The highest BCUT2D eigenvalue weighted by Crippen LogP contribution is 2.23. The second-order valence-electron chi connectivity index (χ2n) is 4.74. The molecule has 114 valence electrons. The van der Waals surface area contributed by atoms with Gasteiger partial charge in [-0.2, -0.15) is 5.26 Å². The maximum Gasteiger partial charge on any atom is 0.238 e. The van der Waals surface area contributed by atoms with Gasteiger partial charge in [0.25, 0.3) is 0 Å². The minimum atomic E-state index is -3.74. The van der Waals surface area contributed by atoms with Crippen LogP contribution < -0.4 is 10.5 Å². The lowest BCUT2D eigenvalue weighted by Crippen LogP contribution is -2.15. The Labute approximate surface area is 129 Å². The highest BCUT2D eigenvalue weighted by Gasteiger charge is 2.14. The van der Waals surface area contributed by atoms with Gasteiger partial charge in [0.2, 0.25) is 10.0 Å². The van der Waals surface area contributed by atoms with Crippen LogP contribution in [0, 0.1) is 11.3 Å². The summed E-state index contributed by atoms with van der Waals surface area (Å²) in [7, 11) is -3.74. The lowest BCUT2D eigenvalue weighted by Gasteiger charge is -2.18. The quantitative estimate of drug-likeness (QED) is 0.878. The van der Waals surface area contributed by atoms with Crippen LogP contribution >= 0.6 is 0 Å². The summed E-state index contributed by atoms with van der Waals surface area (Å²) in [4.78, 5) is 4.23. The lowest BCUT2D eigenvalue weighted by molar-refractivity contribution is 0.597. The first-order valence-electron chi connectivity index (χ1n) is 6.70. The lowest BCUT2D eigenvalue weighted by atomic mass is 10.0. The normalized spacial score (nSPS) is 12.4. The Hall–Kier alpha value is -2.43. The average molecular weight is 316 g/mol. The molecule has 0 fully saturated rings. The number of pyridine rings is 1. The van der Waals surface area contributed by atoms with Gasteiger partial charge in [-0.15, -0.1) is 0 Å². The van der Waals surface area contributed by atoms with Crippen LogP contribution in [0.2, 0.25) is 0 Å². The first-order chi connectivity index (χ1) is 10.4. The molecule has 0 aliphatic carbocycles. The van der Waals surface area contributed by atoms with E-state index in [0.29, 0.717) is 17.9 Å². The van der Waals surface area contributed by atoms with Crippen molar-refractivity contribution in [1.82, 2.24) is 4.98 Å². The molecule has 1 atom stereocenters. The number of benzene rings is 1. The Bertz CT molecular complexity index is 812. The molecular formula is C15H16N4O2S. The predicted molar refractivity (Wildman–Crippen MR) is 83.4 cm³/mol. The van der Waals surface area contributed by atoms with Gasteiger partial charge in [-0.05, 0) is 36.2 Å². The fraction of sp³-hybridized carbons (Fsp3) is 0.200. The van der Waals surface area contributed by atoms with Gasteiger partial charge in [-0.3, -0.25) is 0 Å². The number of primary sulfonamides is 1. The van der Waals surface area contributed by atoms with Gasteiger partial charge in [-0.25, -0.2) is 18.5 Å². The van der Waals surface area contributed by atoms with Crippen molar-refractivity contribution in [2.45, 2.75) is 24.3 Å². The van der Waals surface area contributed by atoms with Crippen molar-refractivity contribution in [3.8, 4) is 6.07 Å². The van der Waals surface area contributed by atoms with E-state index in [-0.39, 0.29) is 10.9 Å². The number of nitrogens with zero attached hydrogens (tertiary/aromatic N) is 2. The van der Waals surface area contributed by atoms with E-state index in [1.807, 2.05) is 19.1 Å². The van der Waals surface area contributed by atoms with Crippen molar-refractivity contribution < 1.29 is 8.42 Å². The van der Waals surface area contributed by atoms with E-state index in [2.05, 4.69) is 10.3 Å². The van der Waals surface area contributed by atoms with Crippen molar-refractivity contribution in [2.24, 2.45) is 5.14 Å². The van der Waals surface area contributed by atoms with Crippen LogP contribution in [0.3, 0.4) is 0 Å². The molecule has 0 radical (unpaired) electrons. The van der Waals surface area contributed by atoms with Gasteiger partial charge in [-0.1, -0.05) is 25.1 Å². The second-order valence-corrected chi connectivity index (χ2v) is 6.30. The Morgan fingerprint density at radius 1 is 1.32 bits per heavy atom. The molecule has 2 rings (SSSR count). The monoisotopic (exact) mass is 316 g/mol. The number of nitrogens with one attached hydrogen (secondary N) is 1. The second kappa shape index (κ2) is 6.56. The first kappa shape index (κ1) is 15.9. The fourth-order valence-electron chi connectivity index (χ4n) is 2.09. The number of nitrogens with two attached hydrogens (primary N) is 1. The number of aromatic nitrogens is 1. The summed E-state index contributed by atoms with van der Waals surface area (Å²) < 4.78 is 22.9. The van der Waals surface area contributed by atoms with Crippen LogP contribution in [0.5, 0.6) is 0 Å². The number of sulfonamides is 1. The molecule has 0 aliphatic rings. The zero-order chi connectivity index (χ0) is 16.2. The summed E-state index contributed by atoms with van der Waals surface area (Å²) in [5.74, 6) is 0.562. The molecule has 2 aromatic rings. The molecule has 6 nitrogen and oxygen atoms in total. The molecule has 0 bridgehead atoms. The van der Waals surface area contributed by atoms with E-state index in [1.165, 1.54) is 6.07 Å². The zero-order valence-corrected chi connectivity index (χ0v) is 12.8. The molecule has 0 saturated carbocycles. The molecule has 0 unspecified atom stereocenters. The van der Waals surface area contributed by atoms with Gasteiger partial charge < -0.3 is 5.32 Å². The van der Waals surface area contributed by atoms with Crippen molar-refractivity contribution in [3.63, 3.8) is 0 Å². The molecular weight excluding hydrogens is 300 g/mol. The summed E-state index contributed by atoms with van der Waals surface area (Å²) in [5, 5.41) is 17.2. The topological polar surface area (TPSA) is 109 Å². The van der Waals surface area contributed by atoms with Gasteiger partial charge >= 0.3 is 0 Å². The average Bonchev–Trinajstić information content (AvgIpc) is 2.52. The molecule has 7 heteroatoms. The Morgan fingerprint density at radius 3 is 2.68 bits per heavy atom. The van der Waals surface area contributed by atoms with E-state index in [4.69, 9.17) is 10.4 Å². The Morgan fingerprint density at radius 2 is 2.05 bits per heavy atom. The summed E-state index contributed by atoms with van der Waals surface area (Å²) in [6.07, 6.45) is 0.715. The number of rotatable bonds is 5. The van der Waals surface area contributed by atoms with Crippen molar-refractivity contribution in [2.75, 3.05) is 5.32 Å². The van der Waals surface area contributed by atoms with Crippen LogP contribution in [-0.2, 0) is 10.0 Å². The zero-order valence-electron chi connectivity index (χ0n) is 12.0. The molecule has 1 aromatic heterocycles. The smallest absolute Gasteiger partial charge is 0.238 e. The van der Waals surface area contributed by atoms with Crippen LogP contribution in [0.25, 0.3) is 0 Å². The molecule has 0 amide bonds. The van der Waals surface area contributed by atoms with E-state index >= 15 is 0 Å². The van der Waals surface area contributed by atoms with E-state index < -0.39 is 10.0 Å². The molecule has 22 heavy (non-hydrogen) atoms. The standard InChI is InChI=1S/C15H16N4O2S/c1-2-14(19-15-8-4-6-12(10-16)18-15)11-5-3-7-13(9-11)22(17,20)21/h3-9,14H,2H2,1H3,(H,18,19)(H2,17,20,21)/t14-/m1/s1. The van der Waals surface area contributed by atoms with Gasteiger partial charge in [0.15, 0.2) is 0 Å². The Kier molecular flexibility index (Phi) is 4.75. The third-order valence-corrected chi connectivity index (χ3v) is 4.09. The van der Waals surface area contributed by atoms with E-state index in [0.717, 1.165) is 5.56 Å². The number of nitriles is 1. The minimum Gasteiger partial charge on any atom is -0.363 e.